The van der Waals surface area contributed by atoms with Crippen molar-refractivity contribution in [3.63, 3.8) is 0 Å². The summed E-state index contributed by atoms with van der Waals surface area (Å²) in [7, 11) is 0. The fraction of sp³-hybridized carbons (Fsp3) is 1.00. The Hall–Kier alpha value is -0.360. The number of hydrogen-bond acceptors (Lipinski definition) is 2. The summed E-state index contributed by atoms with van der Waals surface area (Å²) in [5.41, 5.74) is 0. The zero-order chi connectivity index (χ0) is 17.1. The van der Waals surface area contributed by atoms with Crippen LogP contribution in [-0.2, 0) is 4.74 Å². The minimum atomic E-state index is -4.33. The van der Waals surface area contributed by atoms with Gasteiger partial charge in [-0.2, -0.15) is 13.2 Å². The van der Waals surface area contributed by atoms with Gasteiger partial charge in [0.2, 0.25) is 0 Å². The quantitative estimate of drug-likeness (QED) is 0.273. The standard InChI is InChI=1S/C17H31F4NO/c1-2-3-4-5-6-7-8-13-23-16(17(18,19)20)14-15-9-11-22(21)12-10-15/h15-16H,2-14H2,1H3. The van der Waals surface area contributed by atoms with Crippen LogP contribution in [-0.4, -0.2) is 37.1 Å². The van der Waals surface area contributed by atoms with Gasteiger partial charge in [0.25, 0.3) is 0 Å². The minimum Gasteiger partial charge on any atom is -0.369 e. The lowest BCUT2D eigenvalue weighted by atomic mass is 9.91. The molecule has 1 aliphatic rings. The number of ether oxygens (including phenoxy) is 1. The number of nitrogens with zero attached hydrogens (tertiary/aromatic N) is 1. The number of alkyl halides is 3. The van der Waals surface area contributed by atoms with Crippen LogP contribution in [0.2, 0.25) is 0 Å². The molecule has 1 aliphatic heterocycles. The number of piperidine rings is 1. The summed E-state index contributed by atoms with van der Waals surface area (Å²) in [4.78, 5) is 0. The van der Waals surface area contributed by atoms with Gasteiger partial charge in [0.05, 0.1) is 0 Å². The number of unbranched alkanes of at least 4 members (excludes halogenated alkanes) is 6. The highest BCUT2D eigenvalue weighted by Crippen LogP contribution is 2.32. The van der Waals surface area contributed by atoms with Crippen molar-refractivity contribution in [1.29, 1.82) is 0 Å². The van der Waals surface area contributed by atoms with Crippen LogP contribution in [0.3, 0.4) is 0 Å². The van der Waals surface area contributed by atoms with Crippen molar-refractivity contribution >= 4 is 0 Å². The molecular formula is C17H31F4NO. The van der Waals surface area contributed by atoms with Gasteiger partial charge in [0.15, 0.2) is 6.10 Å². The van der Waals surface area contributed by atoms with Crippen LogP contribution in [0.15, 0.2) is 0 Å². The second kappa shape index (κ2) is 11.2. The van der Waals surface area contributed by atoms with Crippen molar-refractivity contribution in [2.45, 2.75) is 83.4 Å². The Morgan fingerprint density at radius 2 is 1.57 bits per heavy atom. The minimum absolute atomic E-state index is 0.0339. The molecule has 0 N–H and O–H groups in total. The molecule has 0 aromatic rings. The van der Waals surface area contributed by atoms with E-state index < -0.39 is 12.3 Å². The van der Waals surface area contributed by atoms with E-state index >= 15 is 0 Å². The van der Waals surface area contributed by atoms with E-state index in [0.717, 1.165) is 19.3 Å². The van der Waals surface area contributed by atoms with Gasteiger partial charge in [0.1, 0.15) is 0 Å². The Morgan fingerprint density at radius 1 is 1.00 bits per heavy atom. The monoisotopic (exact) mass is 341 g/mol. The zero-order valence-corrected chi connectivity index (χ0v) is 14.2. The van der Waals surface area contributed by atoms with Crippen molar-refractivity contribution in [2.24, 2.45) is 5.92 Å². The smallest absolute Gasteiger partial charge is 0.369 e. The van der Waals surface area contributed by atoms with E-state index in [1.165, 1.54) is 19.3 Å². The van der Waals surface area contributed by atoms with Crippen molar-refractivity contribution < 1.29 is 22.4 Å². The van der Waals surface area contributed by atoms with Crippen LogP contribution in [0.5, 0.6) is 0 Å². The van der Waals surface area contributed by atoms with E-state index in [2.05, 4.69) is 6.92 Å². The molecule has 1 fully saturated rings. The van der Waals surface area contributed by atoms with Gasteiger partial charge in [-0.3, -0.25) is 0 Å². The molecule has 23 heavy (non-hydrogen) atoms. The maximum absolute atomic E-state index is 13.1. The second-order valence-corrected chi connectivity index (χ2v) is 6.61. The lowest BCUT2D eigenvalue weighted by molar-refractivity contribution is -0.226. The van der Waals surface area contributed by atoms with Crippen molar-refractivity contribution in [2.75, 3.05) is 19.7 Å². The van der Waals surface area contributed by atoms with Gasteiger partial charge in [-0.25, -0.2) is 0 Å². The van der Waals surface area contributed by atoms with E-state index in [9.17, 15) is 17.7 Å². The molecule has 0 saturated carbocycles. The first kappa shape index (κ1) is 20.7. The molecule has 0 aromatic carbocycles. The fourth-order valence-electron chi connectivity index (χ4n) is 3.02. The van der Waals surface area contributed by atoms with Crippen LogP contribution in [0, 0.1) is 5.92 Å². The largest absolute Gasteiger partial charge is 0.414 e. The Kier molecular flexibility index (Phi) is 10.1. The Labute approximate surface area is 137 Å². The van der Waals surface area contributed by atoms with Gasteiger partial charge in [-0.15, -0.1) is 9.60 Å². The first-order valence-electron chi connectivity index (χ1n) is 9.02. The van der Waals surface area contributed by atoms with Crippen molar-refractivity contribution in [3.8, 4) is 0 Å². The highest BCUT2D eigenvalue weighted by Gasteiger charge is 2.42. The molecule has 1 atom stereocenters. The molecule has 0 aliphatic carbocycles. The summed E-state index contributed by atoms with van der Waals surface area (Å²) in [6, 6.07) is 0. The topological polar surface area (TPSA) is 12.5 Å². The van der Waals surface area contributed by atoms with E-state index in [0.29, 0.717) is 24.4 Å². The third-order valence-corrected chi connectivity index (χ3v) is 4.54. The predicted molar refractivity (Wildman–Crippen MR) is 83.8 cm³/mol. The van der Waals surface area contributed by atoms with E-state index in [-0.39, 0.29) is 32.0 Å². The number of halogens is 4. The van der Waals surface area contributed by atoms with Crippen LogP contribution in [0.4, 0.5) is 17.7 Å². The molecule has 6 heteroatoms. The van der Waals surface area contributed by atoms with Crippen LogP contribution in [0.1, 0.15) is 71.1 Å². The van der Waals surface area contributed by atoms with Crippen LogP contribution >= 0.6 is 0 Å². The fourth-order valence-corrected chi connectivity index (χ4v) is 3.02. The maximum atomic E-state index is 13.1. The third-order valence-electron chi connectivity index (χ3n) is 4.54. The second-order valence-electron chi connectivity index (χ2n) is 6.61. The maximum Gasteiger partial charge on any atom is 0.414 e. The summed E-state index contributed by atoms with van der Waals surface area (Å²) in [5.74, 6) is -0.0948. The lowest BCUT2D eigenvalue weighted by Crippen LogP contribution is -2.37. The molecule has 0 spiro atoms. The number of rotatable bonds is 11. The Morgan fingerprint density at radius 3 is 2.13 bits per heavy atom. The molecular weight excluding hydrogens is 310 g/mol. The summed E-state index contributed by atoms with van der Waals surface area (Å²) in [5, 5.41) is 0.679. The average molecular weight is 341 g/mol. The van der Waals surface area contributed by atoms with Gasteiger partial charge in [-0.1, -0.05) is 45.4 Å². The van der Waals surface area contributed by atoms with Gasteiger partial charge in [-0.05, 0) is 31.6 Å². The van der Waals surface area contributed by atoms with Gasteiger partial charge >= 0.3 is 6.18 Å². The van der Waals surface area contributed by atoms with Crippen molar-refractivity contribution in [1.82, 2.24) is 5.12 Å². The van der Waals surface area contributed by atoms with E-state index in [1.54, 1.807) is 0 Å². The van der Waals surface area contributed by atoms with Crippen LogP contribution < -0.4 is 0 Å². The van der Waals surface area contributed by atoms with E-state index in [1.807, 2.05) is 0 Å². The van der Waals surface area contributed by atoms with Crippen molar-refractivity contribution in [3.05, 3.63) is 0 Å². The molecule has 1 saturated heterocycles. The summed E-state index contributed by atoms with van der Waals surface area (Å²) >= 11 is 0. The Balaban J connectivity index is 2.19. The molecule has 1 rings (SSSR count). The van der Waals surface area contributed by atoms with Gasteiger partial charge < -0.3 is 4.74 Å². The van der Waals surface area contributed by atoms with Gasteiger partial charge in [0, 0.05) is 19.7 Å². The molecule has 0 amide bonds. The first-order chi connectivity index (χ1) is 10.9. The molecule has 1 heterocycles. The summed E-state index contributed by atoms with van der Waals surface area (Å²) in [6.45, 7) is 2.78. The van der Waals surface area contributed by atoms with Crippen LogP contribution in [0.25, 0.3) is 0 Å². The molecule has 2 nitrogen and oxygen atoms in total. The average Bonchev–Trinajstić information content (AvgIpc) is 2.49. The predicted octanol–water partition coefficient (Wildman–Crippen LogP) is 5.67. The summed E-state index contributed by atoms with van der Waals surface area (Å²) < 4.78 is 57.2. The van der Waals surface area contributed by atoms with E-state index in [4.69, 9.17) is 4.74 Å². The molecule has 0 bridgehead atoms. The SMILES string of the molecule is CCCCCCCCCOC(CC1CCN(F)CC1)C(F)(F)F. The first-order valence-corrected chi connectivity index (χ1v) is 9.02. The lowest BCUT2D eigenvalue weighted by Gasteiger charge is -2.30. The number of hydrogen-bond donors (Lipinski definition) is 0. The third kappa shape index (κ3) is 9.50. The Bertz CT molecular complexity index is 291. The normalized spacial score (nSPS) is 19.2. The summed E-state index contributed by atoms with van der Waals surface area (Å²) in [6.07, 6.45) is 2.34. The molecule has 0 aromatic heterocycles. The molecule has 138 valence electrons. The highest BCUT2D eigenvalue weighted by atomic mass is 19.4. The zero-order valence-electron chi connectivity index (χ0n) is 14.2. The molecule has 1 unspecified atom stereocenters. The highest BCUT2D eigenvalue weighted by molar-refractivity contribution is 4.76. The molecule has 0 radical (unpaired) electrons.